The van der Waals surface area contributed by atoms with Crippen molar-refractivity contribution < 1.29 is 19.1 Å². The van der Waals surface area contributed by atoms with Crippen molar-refractivity contribution in [1.82, 2.24) is 10.2 Å². The molecule has 156 valence electrons. The van der Waals surface area contributed by atoms with Crippen molar-refractivity contribution in [3.05, 3.63) is 29.8 Å². The number of methoxy groups -OCH3 is 1. The molecule has 6 nitrogen and oxygen atoms in total. The number of benzene rings is 1. The van der Waals surface area contributed by atoms with E-state index in [1.54, 1.807) is 7.11 Å². The van der Waals surface area contributed by atoms with E-state index in [2.05, 4.69) is 5.32 Å². The molecule has 1 aromatic rings. The van der Waals surface area contributed by atoms with Gasteiger partial charge in [0.25, 0.3) is 0 Å². The van der Waals surface area contributed by atoms with Crippen LogP contribution in [0, 0.1) is 11.8 Å². The molecule has 29 heavy (non-hydrogen) atoms. The topological polar surface area (TPSA) is 75.7 Å². The maximum absolute atomic E-state index is 12.8. The summed E-state index contributed by atoms with van der Waals surface area (Å²) in [4.78, 5) is 39.4. The predicted molar refractivity (Wildman–Crippen MR) is 108 cm³/mol. The largest absolute Gasteiger partial charge is 0.497 e. The lowest BCUT2D eigenvalue weighted by Gasteiger charge is -2.31. The maximum atomic E-state index is 12.8. The second kappa shape index (κ2) is 8.17. The Morgan fingerprint density at radius 3 is 2.38 bits per heavy atom. The molecule has 2 atom stereocenters. The van der Waals surface area contributed by atoms with Crippen LogP contribution in [0.2, 0.25) is 0 Å². The van der Waals surface area contributed by atoms with Crippen LogP contribution in [0.3, 0.4) is 0 Å². The minimum atomic E-state index is -0.390. The summed E-state index contributed by atoms with van der Waals surface area (Å²) in [7, 11) is 1.64. The highest BCUT2D eigenvalue weighted by Gasteiger charge is 2.48. The van der Waals surface area contributed by atoms with Crippen LogP contribution in [0.5, 0.6) is 5.75 Å². The fraction of sp³-hybridized carbons (Fsp3) is 0.609. The van der Waals surface area contributed by atoms with E-state index in [0.29, 0.717) is 0 Å². The van der Waals surface area contributed by atoms with Crippen LogP contribution in [0.1, 0.15) is 63.4 Å². The Morgan fingerprint density at radius 1 is 1.10 bits per heavy atom. The van der Waals surface area contributed by atoms with Gasteiger partial charge < -0.3 is 10.1 Å². The number of carbonyl (C=O) groups is 3. The van der Waals surface area contributed by atoms with Gasteiger partial charge in [0, 0.05) is 13.0 Å². The van der Waals surface area contributed by atoms with Crippen LogP contribution < -0.4 is 10.1 Å². The van der Waals surface area contributed by atoms with Gasteiger partial charge in [-0.25, -0.2) is 0 Å². The first kappa shape index (κ1) is 19.9. The molecule has 0 spiro atoms. The Hall–Kier alpha value is -2.37. The molecule has 0 unspecified atom stereocenters. The minimum Gasteiger partial charge on any atom is -0.497 e. The molecule has 3 amide bonds. The average Bonchev–Trinajstić information content (AvgIpc) is 3.31. The normalized spacial score (nSPS) is 25.8. The third kappa shape index (κ3) is 3.77. The Kier molecular flexibility index (Phi) is 5.61. The standard InChI is InChI=1S/C23H30N2O4/c1-29-17-8-6-7-16(15-17)23(12-4-5-13-23)24-20(26)11-14-25-21(27)18-9-2-3-10-19(18)22(25)28/h6-8,15,18-19H,2-5,9-14H2,1H3,(H,24,26)/t18-,19-/m1/s1. The molecule has 1 aromatic carbocycles. The van der Waals surface area contributed by atoms with E-state index in [0.717, 1.165) is 62.7 Å². The fourth-order valence-electron chi connectivity index (χ4n) is 5.38. The first-order valence-corrected chi connectivity index (χ1v) is 10.8. The van der Waals surface area contributed by atoms with Crippen molar-refractivity contribution in [3.8, 4) is 5.75 Å². The van der Waals surface area contributed by atoms with Crippen molar-refractivity contribution >= 4 is 17.7 Å². The van der Waals surface area contributed by atoms with Gasteiger partial charge in [0.1, 0.15) is 5.75 Å². The number of hydrogen-bond donors (Lipinski definition) is 1. The average molecular weight is 399 g/mol. The Balaban J connectivity index is 1.41. The van der Waals surface area contributed by atoms with Crippen LogP contribution >= 0.6 is 0 Å². The number of amides is 3. The summed E-state index contributed by atoms with van der Waals surface area (Å²) in [5, 5.41) is 3.23. The molecule has 3 fully saturated rings. The third-order valence-corrected chi connectivity index (χ3v) is 6.95. The van der Waals surface area contributed by atoms with E-state index in [1.165, 1.54) is 4.90 Å². The van der Waals surface area contributed by atoms with Crippen molar-refractivity contribution in [2.75, 3.05) is 13.7 Å². The molecule has 1 heterocycles. The van der Waals surface area contributed by atoms with Crippen molar-refractivity contribution in [1.29, 1.82) is 0 Å². The molecule has 3 aliphatic rings. The second-order valence-corrected chi connectivity index (χ2v) is 8.64. The van der Waals surface area contributed by atoms with Gasteiger partial charge in [-0.15, -0.1) is 0 Å². The lowest BCUT2D eigenvalue weighted by molar-refractivity contribution is -0.140. The monoisotopic (exact) mass is 398 g/mol. The Morgan fingerprint density at radius 2 is 1.76 bits per heavy atom. The number of rotatable bonds is 6. The van der Waals surface area contributed by atoms with Gasteiger partial charge >= 0.3 is 0 Å². The van der Waals surface area contributed by atoms with E-state index in [-0.39, 0.29) is 42.5 Å². The molecule has 1 saturated heterocycles. The van der Waals surface area contributed by atoms with Gasteiger partial charge in [0.2, 0.25) is 17.7 Å². The lowest BCUT2D eigenvalue weighted by atomic mass is 9.81. The maximum Gasteiger partial charge on any atom is 0.233 e. The summed E-state index contributed by atoms with van der Waals surface area (Å²) in [5.41, 5.74) is 0.667. The number of ether oxygens (including phenoxy) is 1. The molecule has 6 heteroatoms. The summed E-state index contributed by atoms with van der Waals surface area (Å²) in [6.45, 7) is 0.185. The van der Waals surface area contributed by atoms with Crippen molar-refractivity contribution in [2.24, 2.45) is 11.8 Å². The van der Waals surface area contributed by atoms with Gasteiger partial charge in [0.15, 0.2) is 0 Å². The molecular formula is C23H30N2O4. The number of hydrogen-bond acceptors (Lipinski definition) is 4. The second-order valence-electron chi connectivity index (χ2n) is 8.64. The molecule has 2 saturated carbocycles. The molecular weight excluding hydrogens is 368 g/mol. The molecule has 0 bridgehead atoms. The lowest BCUT2D eigenvalue weighted by Crippen LogP contribution is -2.45. The highest BCUT2D eigenvalue weighted by Crippen LogP contribution is 2.40. The number of likely N-dealkylation sites (tertiary alicyclic amines) is 1. The van der Waals surface area contributed by atoms with E-state index in [1.807, 2.05) is 24.3 Å². The quantitative estimate of drug-likeness (QED) is 0.747. The zero-order chi connectivity index (χ0) is 20.4. The summed E-state index contributed by atoms with van der Waals surface area (Å²) < 4.78 is 5.36. The fourth-order valence-corrected chi connectivity index (χ4v) is 5.38. The van der Waals surface area contributed by atoms with E-state index in [9.17, 15) is 14.4 Å². The van der Waals surface area contributed by atoms with Crippen molar-refractivity contribution in [3.63, 3.8) is 0 Å². The SMILES string of the molecule is COc1cccc(C2(NC(=O)CCN3C(=O)[C@@H]4CCCC[C@H]4C3=O)CCCC2)c1. The molecule has 2 aliphatic carbocycles. The summed E-state index contributed by atoms with van der Waals surface area (Å²) in [6, 6.07) is 7.87. The van der Waals surface area contributed by atoms with Crippen LogP contribution in [0.4, 0.5) is 0 Å². The first-order chi connectivity index (χ1) is 14.0. The number of imide groups is 1. The summed E-state index contributed by atoms with van der Waals surface area (Å²) in [6.07, 6.45) is 7.68. The van der Waals surface area contributed by atoms with Gasteiger partial charge in [-0.05, 0) is 43.4 Å². The van der Waals surface area contributed by atoms with Crippen LogP contribution in [0.15, 0.2) is 24.3 Å². The highest BCUT2D eigenvalue weighted by atomic mass is 16.5. The molecule has 1 aliphatic heterocycles. The summed E-state index contributed by atoms with van der Waals surface area (Å²) in [5.74, 6) is 0.213. The van der Waals surface area contributed by atoms with Crippen molar-refractivity contribution in [2.45, 2.75) is 63.3 Å². The van der Waals surface area contributed by atoms with Crippen LogP contribution in [-0.2, 0) is 19.9 Å². The van der Waals surface area contributed by atoms with Gasteiger partial charge in [-0.2, -0.15) is 0 Å². The Bertz CT molecular complexity index is 776. The minimum absolute atomic E-state index is 0.0733. The zero-order valence-electron chi connectivity index (χ0n) is 17.1. The smallest absolute Gasteiger partial charge is 0.233 e. The molecule has 0 aromatic heterocycles. The molecule has 1 N–H and O–H groups in total. The molecule has 0 radical (unpaired) electrons. The Labute approximate surface area is 172 Å². The third-order valence-electron chi connectivity index (χ3n) is 6.95. The van der Waals surface area contributed by atoms with Gasteiger partial charge in [-0.1, -0.05) is 37.8 Å². The number of nitrogens with one attached hydrogen (secondary N) is 1. The van der Waals surface area contributed by atoms with Gasteiger partial charge in [-0.3, -0.25) is 19.3 Å². The number of carbonyl (C=O) groups excluding carboxylic acids is 3. The zero-order valence-corrected chi connectivity index (χ0v) is 17.1. The summed E-state index contributed by atoms with van der Waals surface area (Å²) >= 11 is 0. The highest BCUT2D eigenvalue weighted by molar-refractivity contribution is 6.05. The van der Waals surface area contributed by atoms with Gasteiger partial charge in [0.05, 0.1) is 24.5 Å². The first-order valence-electron chi connectivity index (χ1n) is 10.8. The van der Waals surface area contributed by atoms with Crippen LogP contribution in [0.25, 0.3) is 0 Å². The van der Waals surface area contributed by atoms with E-state index < -0.39 is 5.54 Å². The number of nitrogens with zero attached hydrogens (tertiary/aromatic N) is 1. The van der Waals surface area contributed by atoms with Crippen LogP contribution in [-0.4, -0.2) is 36.3 Å². The number of fused-ring (bicyclic) bond motifs is 1. The van der Waals surface area contributed by atoms with E-state index in [4.69, 9.17) is 4.74 Å². The van der Waals surface area contributed by atoms with E-state index >= 15 is 0 Å². The molecule has 4 rings (SSSR count). The predicted octanol–water partition coefficient (Wildman–Crippen LogP) is 3.15.